The van der Waals surface area contributed by atoms with E-state index >= 15 is 0 Å². The van der Waals surface area contributed by atoms with Crippen molar-refractivity contribution in [2.45, 2.75) is 6.92 Å². The molecule has 96 valence electrons. The summed E-state index contributed by atoms with van der Waals surface area (Å²) in [5.74, 6) is 0. The SMILES string of the molecule is Cc1ccc(-c2cccc3c2oc2cnccc23)cc1. The zero-order chi connectivity index (χ0) is 13.5. The van der Waals surface area contributed by atoms with E-state index in [1.54, 1.807) is 12.4 Å². The van der Waals surface area contributed by atoms with Crippen LogP contribution >= 0.6 is 0 Å². The third-order valence-electron chi connectivity index (χ3n) is 3.66. The molecule has 0 radical (unpaired) electrons. The van der Waals surface area contributed by atoms with E-state index in [1.807, 2.05) is 6.07 Å². The van der Waals surface area contributed by atoms with Gasteiger partial charge in [0.2, 0.25) is 0 Å². The predicted molar refractivity (Wildman–Crippen MR) is 81.7 cm³/mol. The van der Waals surface area contributed by atoms with Gasteiger partial charge < -0.3 is 4.42 Å². The largest absolute Gasteiger partial charge is 0.454 e. The Labute approximate surface area is 116 Å². The highest BCUT2D eigenvalue weighted by molar-refractivity contribution is 6.09. The number of furan rings is 1. The highest BCUT2D eigenvalue weighted by atomic mass is 16.3. The van der Waals surface area contributed by atoms with Gasteiger partial charge in [0, 0.05) is 22.5 Å². The van der Waals surface area contributed by atoms with Crippen LogP contribution in [0.2, 0.25) is 0 Å². The van der Waals surface area contributed by atoms with Gasteiger partial charge in [-0.2, -0.15) is 0 Å². The molecule has 0 saturated carbocycles. The molecule has 2 nitrogen and oxygen atoms in total. The Kier molecular flexibility index (Phi) is 2.36. The van der Waals surface area contributed by atoms with Gasteiger partial charge in [-0.1, -0.05) is 48.0 Å². The molecule has 4 aromatic rings. The van der Waals surface area contributed by atoms with E-state index < -0.39 is 0 Å². The average molecular weight is 259 g/mol. The van der Waals surface area contributed by atoms with Crippen molar-refractivity contribution < 1.29 is 4.42 Å². The molecule has 2 aromatic carbocycles. The highest BCUT2D eigenvalue weighted by Gasteiger charge is 2.11. The van der Waals surface area contributed by atoms with Gasteiger partial charge in [-0.05, 0) is 18.6 Å². The number of para-hydroxylation sites is 1. The lowest BCUT2D eigenvalue weighted by atomic mass is 10.0. The molecule has 0 bridgehead atoms. The van der Waals surface area contributed by atoms with Gasteiger partial charge in [-0.15, -0.1) is 0 Å². The molecule has 0 atom stereocenters. The Morgan fingerprint density at radius 1 is 0.900 bits per heavy atom. The average Bonchev–Trinajstić information content (AvgIpc) is 2.87. The molecular weight excluding hydrogens is 246 g/mol. The first kappa shape index (κ1) is 11.2. The molecule has 20 heavy (non-hydrogen) atoms. The summed E-state index contributed by atoms with van der Waals surface area (Å²) in [5, 5.41) is 2.25. The van der Waals surface area contributed by atoms with Crippen LogP contribution in [0.5, 0.6) is 0 Å². The van der Waals surface area contributed by atoms with Crippen molar-refractivity contribution in [1.82, 2.24) is 4.98 Å². The normalized spacial score (nSPS) is 11.2. The number of aryl methyl sites for hydroxylation is 1. The number of fused-ring (bicyclic) bond motifs is 3. The zero-order valence-corrected chi connectivity index (χ0v) is 11.1. The Morgan fingerprint density at radius 3 is 2.60 bits per heavy atom. The summed E-state index contributed by atoms with van der Waals surface area (Å²) in [4.78, 5) is 4.13. The molecule has 2 heterocycles. The van der Waals surface area contributed by atoms with Crippen molar-refractivity contribution in [3.8, 4) is 11.1 Å². The van der Waals surface area contributed by atoms with Crippen LogP contribution in [0.3, 0.4) is 0 Å². The molecular formula is C18H13NO. The molecule has 0 aliphatic rings. The molecule has 0 saturated heterocycles. The Hall–Kier alpha value is -2.61. The number of rotatable bonds is 1. The van der Waals surface area contributed by atoms with Crippen LogP contribution < -0.4 is 0 Å². The molecule has 2 aromatic heterocycles. The first-order valence-electron chi connectivity index (χ1n) is 6.65. The molecule has 0 fully saturated rings. The topological polar surface area (TPSA) is 26.0 Å². The van der Waals surface area contributed by atoms with Crippen LogP contribution in [-0.2, 0) is 0 Å². The molecule has 2 heteroatoms. The van der Waals surface area contributed by atoms with Crippen LogP contribution in [0.15, 0.2) is 65.3 Å². The lowest BCUT2D eigenvalue weighted by Gasteiger charge is -2.03. The smallest absolute Gasteiger partial charge is 0.153 e. The first-order chi connectivity index (χ1) is 9.83. The summed E-state index contributed by atoms with van der Waals surface area (Å²) in [6, 6.07) is 16.8. The molecule has 0 amide bonds. The molecule has 0 spiro atoms. The van der Waals surface area contributed by atoms with Crippen LogP contribution in [0.4, 0.5) is 0 Å². The fourth-order valence-corrected chi connectivity index (χ4v) is 2.61. The third-order valence-corrected chi connectivity index (χ3v) is 3.66. The lowest BCUT2D eigenvalue weighted by Crippen LogP contribution is -1.79. The van der Waals surface area contributed by atoms with Crippen molar-refractivity contribution in [2.75, 3.05) is 0 Å². The van der Waals surface area contributed by atoms with E-state index in [0.29, 0.717) is 0 Å². The van der Waals surface area contributed by atoms with Crippen molar-refractivity contribution in [3.05, 3.63) is 66.5 Å². The van der Waals surface area contributed by atoms with Crippen molar-refractivity contribution in [2.24, 2.45) is 0 Å². The maximum Gasteiger partial charge on any atom is 0.153 e. The van der Waals surface area contributed by atoms with E-state index in [1.165, 1.54) is 11.1 Å². The summed E-state index contributed by atoms with van der Waals surface area (Å²) >= 11 is 0. The predicted octanol–water partition coefficient (Wildman–Crippen LogP) is 4.96. The quantitative estimate of drug-likeness (QED) is 0.483. The third kappa shape index (κ3) is 1.62. The summed E-state index contributed by atoms with van der Waals surface area (Å²) in [6.45, 7) is 2.09. The maximum absolute atomic E-state index is 6.01. The summed E-state index contributed by atoms with van der Waals surface area (Å²) < 4.78 is 6.01. The fourth-order valence-electron chi connectivity index (χ4n) is 2.61. The first-order valence-corrected chi connectivity index (χ1v) is 6.65. The van der Waals surface area contributed by atoms with E-state index in [0.717, 1.165) is 27.5 Å². The molecule has 0 unspecified atom stereocenters. The van der Waals surface area contributed by atoms with Crippen LogP contribution in [0, 0.1) is 6.92 Å². The monoisotopic (exact) mass is 259 g/mol. The molecule has 0 aliphatic carbocycles. The minimum Gasteiger partial charge on any atom is -0.454 e. The second-order valence-corrected chi connectivity index (χ2v) is 5.02. The van der Waals surface area contributed by atoms with E-state index in [-0.39, 0.29) is 0 Å². The summed E-state index contributed by atoms with van der Waals surface area (Å²) in [5.41, 5.74) is 5.32. The number of hydrogen-bond donors (Lipinski definition) is 0. The number of pyridine rings is 1. The molecule has 0 N–H and O–H groups in total. The van der Waals surface area contributed by atoms with Crippen molar-refractivity contribution in [3.63, 3.8) is 0 Å². The van der Waals surface area contributed by atoms with Gasteiger partial charge in [-0.3, -0.25) is 4.98 Å². The van der Waals surface area contributed by atoms with Gasteiger partial charge in [0.05, 0.1) is 6.20 Å². The van der Waals surface area contributed by atoms with Gasteiger partial charge in [0.25, 0.3) is 0 Å². The lowest BCUT2D eigenvalue weighted by molar-refractivity contribution is 0.668. The minimum absolute atomic E-state index is 0.835. The Morgan fingerprint density at radius 2 is 1.75 bits per heavy atom. The summed E-state index contributed by atoms with van der Waals surface area (Å²) in [6.07, 6.45) is 3.57. The van der Waals surface area contributed by atoms with Crippen LogP contribution in [0.25, 0.3) is 33.1 Å². The number of benzene rings is 2. The standard InChI is InChI=1S/C18H13NO/c1-12-5-7-13(8-6-12)14-3-2-4-16-15-9-10-19-11-17(15)20-18(14)16/h2-11H,1H3. The number of aromatic nitrogens is 1. The van der Waals surface area contributed by atoms with Gasteiger partial charge in [-0.25, -0.2) is 0 Å². The van der Waals surface area contributed by atoms with Crippen LogP contribution in [-0.4, -0.2) is 4.98 Å². The number of hydrogen-bond acceptors (Lipinski definition) is 2. The second-order valence-electron chi connectivity index (χ2n) is 5.02. The fraction of sp³-hybridized carbons (Fsp3) is 0.0556. The van der Waals surface area contributed by atoms with Gasteiger partial charge in [0.15, 0.2) is 5.58 Å². The van der Waals surface area contributed by atoms with Crippen molar-refractivity contribution >= 4 is 21.9 Å². The highest BCUT2D eigenvalue weighted by Crippen LogP contribution is 2.35. The minimum atomic E-state index is 0.835. The van der Waals surface area contributed by atoms with E-state index in [4.69, 9.17) is 4.42 Å². The van der Waals surface area contributed by atoms with E-state index in [2.05, 4.69) is 54.4 Å². The summed E-state index contributed by atoms with van der Waals surface area (Å²) in [7, 11) is 0. The molecule has 0 aliphatic heterocycles. The van der Waals surface area contributed by atoms with Gasteiger partial charge in [0.1, 0.15) is 5.58 Å². The zero-order valence-electron chi connectivity index (χ0n) is 11.1. The van der Waals surface area contributed by atoms with E-state index in [9.17, 15) is 0 Å². The second kappa shape index (κ2) is 4.20. The maximum atomic E-state index is 6.01. The van der Waals surface area contributed by atoms with Gasteiger partial charge >= 0.3 is 0 Å². The Bertz CT molecular complexity index is 904. The Balaban J connectivity index is 2.07. The molecule has 4 rings (SSSR count). The number of nitrogens with zero attached hydrogens (tertiary/aromatic N) is 1. The van der Waals surface area contributed by atoms with Crippen molar-refractivity contribution in [1.29, 1.82) is 0 Å². The van der Waals surface area contributed by atoms with Crippen LogP contribution in [0.1, 0.15) is 5.56 Å².